The van der Waals surface area contributed by atoms with E-state index in [2.05, 4.69) is 10.3 Å². The Morgan fingerprint density at radius 1 is 1.12 bits per heavy atom. The average Bonchev–Trinajstić information content (AvgIpc) is 3.17. The van der Waals surface area contributed by atoms with Crippen LogP contribution < -0.4 is 15.6 Å². The van der Waals surface area contributed by atoms with E-state index in [1.165, 1.54) is 11.3 Å². The summed E-state index contributed by atoms with van der Waals surface area (Å²) in [6, 6.07) is 14.7. The molecule has 4 rings (SSSR count). The van der Waals surface area contributed by atoms with Crippen LogP contribution in [-0.4, -0.2) is 18.0 Å². The third-order valence-electron chi connectivity index (χ3n) is 4.30. The molecule has 0 fully saturated rings. The maximum absolute atomic E-state index is 12.5. The number of pyridine rings is 1. The zero-order chi connectivity index (χ0) is 18.1. The van der Waals surface area contributed by atoms with Crippen LogP contribution in [0.25, 0.3) is 21.0 Å². The second kappa shape index (κ2) is 6.65. The zero-order valence-electron chi connectivity index (χ0n) is 14.0. The van der Waals surface area contributed by atoms with Crippen LogP contribution in [-0.2, 0) is 6.54 Å². The van der Waals surface area contributed by atoms with E-state index in [4.69, 9.17) is 4.74 Å². The molecule has 2 N–H and O–H groups in total. The van der Waals surface area contributed by atoms with Crippen LogP contribution in [0.1, 0.15) is 15.9 Å². The minimum absolute atomic E-state index is 0.135. The third kappa shape index (κ3) is 2.95. The van der Waals surface area contributed by atoms with Gasteiger partial charge in [0, 0.05) is 22.2 Å². The van der Waals surface area contributed by atoms with E-state index in [0.717, 1.165) is 21.4 Å². The molecule has 0 saturated heterocycles. The van der Waals surface area contributed by atoms with Crippen molar-refractivity contribution in [1.82, 2.24) is 10.3 Å². The van der Waals surface area contributed by atoms with E-state index in [1.54, 1.807) is 19.2 Å². The molecule has 0 bridgehead atoms. The van der Waals surface area contributed by atoms with Crippen molar-refractivity contribution < 1.29 is 9.53 Å². The maximum atomic E-state index is 12.5. The molecule has 0 spiro atoms. The Bertz CT molecular complexity index is 1160. The smallest absolute Gasteiger partial charge is 0.257 e. The number of rotatable bonds is 4. The first-order chi connectivity index (χ1) is 12.7. The lowest BCUT2D eigenvalue weighted by molar-refractivity contribution is 0.0951. The second-order valence-corrected chi connectivity index (χ2v) is 6.82. The quantitative estimate of drug-likeness (QED) is 0.580. The Morgan fingerprint density at radius 3 is 2.69 bits per heavy atom. The molecule has 0 unspecified atom stereocenters. The van der Waals surface area contributed by atoms with Gasteiger partial charge in [-0.05, 0) is 41.3 Å². The van der Waals surface area contributed by atoms with Gasteiger partial charge in [0.2, 0.25) is 0 Å². The number of ether oxygens (including phenoxy) is 1. The van der Waals surface area contributed by atoms with E-state index < -0.39 is 0 Å². The van der Waals surface area contributed by atoms with Gasteiger partial charge in [0.25, 0.3) is 11.5 Å². The van der Waals surface area contributed by atoms with Crippen molar-refractivity contribution >= 4 is 38.2 Å². The van der Waals surface area contributed by atoms with Crippen molar-refractivity contribution in [3.63, 3.8) is 0 Å². The molecule has 0 aliphatic rings. The monoisotopic (exact) mass is 364 g/mol. The Kier molecular flexibility index (Phi) is 4.18. The lowest BCUT2D eigenvalue weighted by Crippen LogP contribution is -2.22. The summed E-state index contributed by atoms with van der Waals surface area (Å²) in [6.07, 6.45) is 0. The fourth-order valence-corrected chi connectivity index (χ4v) is 3.83. The number of aromatic amines is 1. The van der Waals surface area contributed by atoms with Gasteiger partial charge >= 0.3 is 0 Å². The summed E-state index contributed by atoms with van der Waals surface area (Å²) in [7, 11) is 1.62. The van der Waals surface area contributed by atoms with Crippen LogP contribution in [0.4, 0.5) is 0 Å². The van der Waals surface area contributed by atoms with Gasteiger partial charge in [0.15, 0.2) is 0 Å². The number of carbonyl (C=O) groups excluding carboxylic acids is 1. The Balaban J connectivity index is 1.58. The number of amides is 1. The second-order valence-electron chi connectivity index (χ2n) is 5.91. The number of H-pyrrole nitrogens is 1. The predicted octanol–water partition coefficient (Wildman–Crippen LogP) is 3.68. The normalized spacial score (nSPS) is 11.0. The highest BCUT2D eigenvalue weighted by molar-refractivity contribution is 7.18. The predicted molar refractivity (Wildman–Crippen MR) is 104 cm³/mol. The largest absolute Gasteiger partial charge is 0.497 e. The number of fused-ring (bicyclic) bond motifs is 3. The minimum Gasteiger partial charge on any atom is -0.497 e. The number of hydrogen-bond acceptors (Lipinski definition) is 4. The number of methoxy groups -OCH3 is 1. The minimum atomic E-state index is -0.185. The third-order valence-corrected chi connectivity index (χ3v) is 5.24. The Morgan fingerprint density at radius 2 is 1.92 bits per heavy atom. The molecule has 2 aromatic carbocycles. The summed E-state index contributed by atoms with van der Waals surface area (Å²) in [4.78, 5) is 27.5. The molecule has 4 aromatic rings. The molecule has 0 aliphatic heterocycles. The van der Waals surface area contributed by atoms with Gasteiger partial charge in [-0.25, -0.2) is 0 Å². The number of nitrogens with one attached hydrogen (secondary N) is 2. The molecule has 130 valence electrons. The molecular weight excluding hydrogens is 348 g/mol. The fraction of sp³-hybridized carbons (Fsp3) is 0.100. The summed E-state index contributed by atoms with van der Waals surface area (Å²) < 4.78 is 6.06. The van der Waals surface area contributed by atoms with E-state index in [1.807, 2.05) is 41.8 Å². The zero-order valence-corrected chi connectivity index (χ0v) is 14.9. The highest BCUT2D eigenvalue weighted by Crippen LogP contribution is 2.26. The van der Waals surface area contributed by atoms with Crippen LogP contribution in [0.5, 0.6) is 5.75 Å². The summed E-state index contributed by atoms with van der Waals surface area (Å²) in [5.74, 6) is 0.591. The summed E-state index contributed by atoms with van der Waals surface area (Å²) >= 11 is 1.52. The van der Waals surface area contributed by atoms with E-state index in [9.17, 15) is 9.59 Å². The van der Waals surface area contributed by atoms with E-state index in [-0.39, 0.29) is 11.5 Å². The number of thiophene rings is 1. The fourth-order valence-electron chi connectivity index (χ4n) is 2.90. The standard InChI is InChI=1S/C20H16N2O3S/c1-25-14-5-2-12(3-6-14)11-21-19(23)13-4-7-15-17(10-13)22-20(24)16-8-9-26-18(15)16/h2-10H,11H2,1H3,(H,21,23)(H,22,24). The van der Waals surface area contributed by atoms with Crippen LogP contribution in [0.15, 0.2) is 58.7 Å². The van der Waals surface area contributed by atoms with Gasteiger partial charge in [-0.2, -0.15) is 0 Å². The maximum Gasteiger partial charge on any atom is 0.257 e. The van der Waals surface area contributed by atoms with Crippen molar-refractivity contribution in [2.24, 2.45) is 0 Å². The van der Waals surface area contributed by atoms with E-state index >= 15 is 0 Å². The number of hydrogen-bond donors (Lipinski definition) is 2. The summed E-state index contributed by atoms with van der Waals surface area (Å²) in [6.45, 7) is 0.418. The molecule has 2 aromatic heterocycles. The van der Waals surface area contributed by atoms with Gasteiger partial charge < -0.3 is 15.0 Å². The highest BCUT2D eigenvalue weighted by atomic mass is 32.1. The Labute approximate surface area is 153 Å². The molecule has 26 heavy (non-hydrogen) atoms. The van der Waals surface area contributed by atoms with Crippen molar-refractivity contribution in [2.45, 2.75) is 6.54 Å². The van der Waals surface area contributed by atoms with Gasteiger partial charge in [-0.1, -0.05) is 18.2 Å². The van der Waals surface area contributed by atoms with Crippen LogP contribution in [0.3, 0.4) is 0 Å². The van der Waals surface area contributed by atoms with Gasteiger partial charge in [0.05, 0.1) is 18.0 Å². The van der Waals surface area contributed by atoms with Crippen LogP contribution >= 0.6 is 11.3 Å². The summed E-state index contributed by atoms with van der Waals surface area (Å²) in [5, 5.41) is 6.42. The van der Waals surface area contributed by atoms with Gasteiger partial charge in [-0.15, -0.1) is 11.3 Å². The number of aromatic nitrogens is 1. The number of carbonyl (C=O) groups is 1. The molecule has 1 amide bonds. The molecule has 0 aliphatic carbocycles. The molecule has 2 heterocycles. The first-order valence-corrected chi connectivity index (χ1v) is 8.98. The topological polar surface area (TPSA) is 71.2 Å². The SMILES string of the molecule is COc1ccc(CNC(=O)c2ccc3c(c2)[nH]c(=O)c2ccsc23)cc1. The molecule has 0 saturated carbocycles. The van der Waals surface area contributed by atoms with Crippen molar-refractivity contribution in [1.29, 1.82) is 0 Å². The van der Waals surface area contributed by atoms with Crippen LogP contribution in [0.2, 0.25) is 0 Å². The molecule has 6 heteroatoms. The first kappa shape index (κ1) is 16.4. The molecule has 0 radical (unpaired) electrons. The van der Waals surface area contributed by atoms with Gasteiger partial charge in [0.1, 0.15) is 5.75 Å². The molecule has 5 nitrogen and oxygen atoms in total. The first-order valence-electron chi connectivity index (χ1n) is 8.10. The Hall–Kier alpha value is -3.12. The molecule has 0 atom stereocenters. The molecular formula is C20H16N2O3S. The van der Waals surface area contributed by atoms with Crippen LogP contribution in [0, 0.1) is 0 Å². The van der Waals surface area contributed by atoms with Crippen molar-refractivity contribution in [2.75, 3.05) is 7.11 Å². The van der Waals surface area contributed by atoms with Crippen molar-refractivity contribution in [3.05, 3.63) is 75.4 Å². The number of benzene rings is 2. The van der Waals surface area contributed by atoms with Crippen molar-refractivity contribution in [3.8, 4) is 5.75 Å². The highest BCUT2D eigenvalue weighted by Gasteiger charge is 2.10. The lowest BCUT2D eigenvalue weighted by atomic mass is 10.1. The van der Waals surface area contributed by atoms with E-state index in [0.29, 0.717) is 23.0 Å². The van der Waals surface area contributed by atoms with Gasteiger partial charge in [-0.3, -0.25) is 9.59 Å². The summed E-state index contributed by atoms with van der Waals surface area (Å²) in [5.41, 5.74) is 2.03. The average molecular weight is 364 g/mol. The lowest BCUT2D eigenvalue weighted by Gasteiger charge is -2.08.